The summed E-state index contributed by atoms with van der Waals surface area (Å²) in [5, 5.41) is 5.69. The molecule has 0 bridgehead atoms. The number of amides is 1. The summed E-state index contributed by atoms with van der Waals surface area (Å²) in [4.78, 5) is 28.6. The Morgan fingerprint density at radius 3 is 2.95 bits per heavy atom. The molecule has 3 aromatic rings. The molecule has 5 nitrogen and oxygen atoms in total. The number of aryl methyl sites for hydroxylation is 1. The molecule has 0 saturated carbocycles. The average molecular weight is 320 g/mol. The minimum atomic E-state index is -0.479. The number of anilines is 1. The molecule has 0 radical (unpaired) electrons. The van der Waals surface area contributed by atoms with Crippen molar-refractivity contribution in [1.82, 2.24) is 9.55 Å². The molecule has 0 unspecified atom stereocenters. The van der Waals surface area contributed by atoms with E-state index in [1.165, 1.54) is 17.5 Å². The van der Waals surface area contributed by atoms with Crippen LogP contribution in [0.25, 0.3) is 10.9 Å². The van der Waals surface area contributed by atoms with Gasteiger partial charge < -0.3 is 4.57 Å². The number of aromatic nitrogens is 2. The summed E-state index contributed by atoms with van der Waals surface area (Å²) in [5.74, 6) is -0.479. The summed E-state index contributed by atoms with van der Waals surface area (Å²) in [6, 6.07) is 5.05. The van der Waals surface area contributed by atoms with E-state index in [0.29, 0.717) is 21.1 Å². The van der Waals surface area contributed by atoms with Crippen molar-refractivity contribution in [1.29, 1.82) is 0 Å². The van der Waals surface area contributed by atoms with Crippen molar-refractivity contribution in [3.8, 4) is 0 Å². The number of nitrogens with zero attached hydrogens (tertiary/aromatic N) is 2. The van der Waals surface area contributed by atoms with Crippen LogP contribution in [0, 0.1) is 0 Å². The van der Waals surface area contributed by atoms with E-state index in [4.69, 9.17) is 11.6 Å². The second-order valence-electron chi connectivity index (χ2n) is 4.41. The van der Waals surface area contributed by atoms with E-state index in [2.05, 4.69) is 10.3 Å². The number of hydrogen-bond donors (Lipinski definition) is 1. The van der Waals surface area contributed by atoms with E-state index in [9.17, 15) is 9.59 Å². The fourth-order valence-electron chi connectivity index (χ4n) is 2.13. The van der Waals surface area contributed by atoms with Gasteiger partial charge in [-0.1, -0.05) is 17.7 Å². The molecule has 0 saturated heterocycles. The van der Waals surface area contributed by atoms with Crippen LogP contribution in [0.2, 0.25) is 5.02 Å². The van der Waals surface area contributed by atoms with Gasteiger partial charge in [-0.15, -0.1) is 11.3 Å². The molecule has 0 aliphatic rings. The molecule has 106 valence electrons. The number of para-hydroxylation sites is 1. The van der Waals surface area contributed by atoms with Crippen LogP contribution in [0.15, 0.2) is 40.8 Å². The lowest BCUT2D eigenvalue weighted by Crippen LogP contribution is -2.23. The first kappa shape index (κ1) is 13.8. The highest BCUT2D eigenvalue weighted by Gasteiger charge is 2.16. The molecular weight excluding hydrogens is 310 g/mol. The first-order valence-electron chi connectivity index (χ1n) is 6.06. The van der Waals surface area contributed by atoms with Crippen LogP contribution in [0.4, 0.5) is 5.13 Å². The topological polar surface area (TPSA) is 64.0 Å². The van der Waals surface area contributed by atoms with Crippen molar-refractivity contribution in [2.24, 2.45) is 7.05 Å². The largest absolute Gasteiger partial charge is 0.348 e. The SMILES string of the molecule is Cn1cc(C(=O)Nc2nccs2)c(=O)c2cccc(Cl)c21. The predicted octanol–water partition coefficient (Wildman–Crippen LogP) is 2.90. The van der Waals surface area contributed by atoms with Gasteiger partial charge in [0, 0.05) is 30.2 Å². The van der Waals surface area contributed by atoms with Crippen LogP contribution in [0.3, 0.4) is 0 Å². The number of thiazole rings is 1. The fraction of sp³-hybridized carbons (Fsp3) is 0.0714. The molecule has 0 atom stereocenters. The number of benzene rings is 1. The monoisotopic (exact) mass is 319 g/mol. The highest BCUT2D eigenvalue weighted by atomic mass is 35.5. The zero-order valence-electron chi connectivity index (χ0n) is 11.0. The Hall–Kier alpha value is -2.18. The predicted molar refractivity (Wildman–Crippen MR) is 84.3 cm³/mol. The van der Waals surface area contributed by atoms with Crippen LogP contribution in [0.1, 0.15) is 10.4 Å². The van der Waals surface area contributed by atoms with Gasteiger partial charge in [0.15, 0.2) is 5.13 Å². The Balaban J connectivity index is 2.14. The summed E-state index contributed by atoms with van der Waals surface area (Å²) < 4.78 is 1.68. The van der Waals surface area contributed by atoms with Crippen molar-refractivity contribution in [2.75, 3.05) is 5.32 Å². The highest BCUT2D eigenvalue weighted by molar-refractivity contribution is 7.13. The molecule has 0 aliphatic carbocycles. The lowest BCUT2D eigenvalue weighted by molar-refractivity contribution is 0.102. The van der Waals surface area contributed by atoms with Gasteiger partial charge in [0.05, 0.1) is 10.5 Å². The highest BCUT2D eigenvalue weighted by Crippen LogP contribution is 2.21. The maximum atomic E-state index is 12.5. The number of carbonyl (C=O) groups is 1. The molecule has 7 heteroatoms. The van der Waals surface area contributed by atoms with Crippen LogP contribution < -0.4 is 10.7 Å². The van der Waals surface area contributed by atoms with E-state index in [0.717, 1.165) is 0 Å². The molecule has 0 aliphatic heterocycles. The molecule has 0 fully saturated rings. The standard InChI is InChI=1S/C14H10ClN3O2S/c1-18-7-9(13(20)17-14-16-5-6-21-14)12(19)8-3-2-4-10(15)11(8)18/h2-7H,1H3,(H,16,17,20). The molecule has 2 heterocycles. The minimum absolute atomic E-state index is 0.0578. The Kier molecular flexibility index (Phi) is 3.48. The summed E-state index contributed by atoms with van der Waals surface area (Å²) in [6.07, 6.45) is 3.07. The molecule has 21 heavy (non-hydrogen) atoms. The average Bonchev–Trinajstić information content (AvgIpc) is 2.95. The number of pyridine rings is 1. The molecule has 1 aromatic carbocycles. The van der Waals surface area contributed by atoms with Gasteiger partial charge in [0.25, 0.3) is 5.91 Å². The molecule has 0 spiro atoms. The number of nitrogens with one attached hydrogen (secondary N) is 1. The van der Waals surface area contributed by atoms with Gasteiger partial charge in [-0.2, -0.15) is 0 Å². The number of hydrogen-bond acceptors (Lipinski definition) is 4. The summed E-state index contributed by atoms with van der Waals surface area (Å²) in [6.45, 7) is 0. The maximum absolute atomic E-state index is 12.5. The quantitative estimate of drug-likeness (QED) is 0.790. The van der Waals surface area contributed by atoms with Gasteiger partial charge in [-0.25, -0.2) is 4.98 Å². The van der Waals surface area contributed by atoms with E-state index in [-0.39, 0.29) is 11.0 Å². The van der Waals surface area contributed by atoms with Crippen LogP contribution in [0.5, 0.6) is 0 Å². The third-order valence-corrected chi connectivity index (χ3v) is 4.04. The Labute approximate surface area is 128 Å². The lowest BCUT2D eigenvalue weighted by atomic mass is 10.1. The van der Waals surface area contributed by atoms with Gasteiger partial charge in [-0.3, -0.25) is 14.9 Å². The van der Waals surface area contributed by atoms with Crippen molar-refractivity contribution in [2.45, 2.75) is 0 Å². The molecule has 2 aromatic heterocycles. The first-order chi connectivity index (χ1) is 10.1. The van der Waals surface area contributed by atoms with Crippen LogP contribution >= 0.6 is 22.9 Å². The van der Waals surface area contributed by atoms with Gasteiger partial charge in [0.1, 0.15) is 5.56 Å². The summed E-state index contributed by atoms with van der Waals surface area (Å²) in [5.41, 5.74) is 0.317. The Morgan fingerprint density at radius 1 is 1.43 bits per heavy atom. The molecule has 1 amide bonds. The first-order valence-corrected chi connectivity index (χ1v) is 7.32. The lowest BCUT2D eigenvalue weighted by Gasteiger charge is -2.09. The second-order valence-corrected chi connectivity index (χ2v) is 5.71. The Morgan fingerprint density at radius 2 is 2.24 bits per heavy atom. The van der Waals surface area contributed by atoms with Gasteiger partial charge in [0.2, 0.25) is 5.43 Å². The van der Waals surface area contributed by atoms with Gasteiger partial charge >= 0.3 is 0 Å². The fourth-order valence-corrected chi connectivity index (χ4v) is 2.96. The van der Waals surface area contributed by atoms with Crippen molar-refractivity contribution in [3.63, 3.8) is 0 Å². The number of halogens is 1. The van der Waals surface area contributed by atoms with E-state index in [1.54, 1.807) is 41.4 Å². The van der Waals surface area contributed by atoms with E-state index < -0.39 is 5.91 Å². The normalized spacial score (nSPS) is 10.8. The maximum Gasteiger partial charge on any atom is 0.262 e. The molecular formula is C14H10ClN3O2S. The Bertz CT molecular complexity index is 887. The second kappa shape index (κ2) is 5.31. The molecule has 1 N–H and O–H groups in total. The summed E-state index contributed by atoms with van der Waals surface area (Å²) >= 11 is 7.40. The zero-order valence-corrected chi connectivity index (χ0v) is 12.5. The van der Waals surface area contributed by atoms with Gasteiger partial charge in [-0.05, 0) is 12.1 Å². The third-order valence-electron chi connectivity index (χ3n) is 3.05. The van der Waals surface area contributed by atoms with E-state index >= 15 is 0 Å². The molecule has 3 rings (SSSR count). The van der Waals surface area contributed by atoms with Crippen LogP contribution in [-0.2, 0) is 7.05 Å². The number of carbonyl (C=O) groups excluding carboxylic acids is 1. The number of fused-ring (bicyclic) bond motifs is 1. The number of rotatable bonds is 2. The van der Waals surface area contributed by atoms with E-state index in [1.807, 2.05) is 0 Å². The van der Waals surface area contributed by atoms with Crippen molar-refractivity contribution in [3.05, 3.63) is 56.8 Å². The van der Waals surface area contributed by atoms with Crippen LogP contribution in [-0.4, -0.2) is 15.5 Å². The summed E-state index contributed by atoms with van der Waals surface area (Å²) in [7, 11) is 1.74. The third kappa shape index (κ3) is 2.43. The smallest absolute Gasteiger partial charge is 0.262 e. The minimum Gasteiger partial charge on any atom is -0.348 e. The van der Waals surface area contributed by atoms with Crippen molar-refractivity contribution < 1.29 is 4.79 Å². The van der Waals surface area contributed by atoms with Crippen molar-refractivity contribution >= 4 is 44.9 Å². The zero-order chi connectivity index (χ0) is 15.0.